The molecular formula is C17H21NO. The van der Waals surface area contributed by atoms with Gasteiger partial charge in [0.1, 0.15) is 11.5 Å². The standard InChI is InChI=1S/C17H21NO/c1-3-11-18-13-15-7-9-16(10-8-15)19-17-6-4-5-14(2)12-17/h4-10,12,18H,3,11,13H2,1-2H3. The highest BCUT2D eigenvalue weighted by atomic mass is 16.5. The van der Waals surface area contributed by atoms with Crippen LogP contribution in [0.4, 0.5) is 0 Å². The third-order valence-electron chi connectivity index (χ3n) is 2.90. The molecule has 0 aliphatic carbocycles. The van der Waals surface area contributed by atoms with Gasteiger partial charge >= 0.3 is 0 Å². The summed E-state index contributed by atoms with van der Waals surface area (Å²) in [5, 5.41) is 3.39. The third-order valence-corrected chi connectivity index (χ3v) is 2.90. The van der Waals surface area contributed by atoms with E-state index < -0.39 is 0 Å². The SMILES string of the molecule is CCCNCc1ccc(Oc2cccc(C)c2)cc1. The highest BCUT2D eigenvalue weighted by molar-refractivity contribution is 5.34. The predicted molar refractivity (Wildman–Crippen MR) is 79.7 cm³/mol. The molecule has 0 aromatic heterocycles. The Morgan fingerprint density at radius 1 is 1.00 bits per heavy atom. The van der Waals surface area contributed by atoms with Crippen molar-refractivity contribution in [3.8, 4) is 11.5 Å². The van der Waals surface area contributed by atoms with E-state index in [4.69, 9.17) is 4.74 Å². The van der Waals surface area contributed by atoms with E-state index in [2.05, 4.69) is 37.4 Å². The van der Waals surface area contributed by atoms with Crippen LogP contribution >= 0.6 is 0 Å². The van der Waals surface area contributed by atoms with E-state index in [0.717, 1.165) is 31.0 Å². The van der Waals surface area contributed by atoms with E-state index in [1.807, 2.05) is 30.3 Å². The van der Waals surface area contributed by atoms with Crippen LogP contribution in [0.3, 0.4) is 0 Å². The summed E-state index contributed by atoms with van der Waals surface area (Å²) in [5.74, 6) is 1.77. The molecule has 0 aliphatic rings. The molecule has 0 amide bonds. The van der Waals surface area contributed by atoms with Crippen LogP contribution in [0.1, 0.15) is 24.5 Å². The number of nitrogens with one attached hydrogen (secondary N) is 1. The van der Waals surface area contributed by atoms with Crippen LogP contribution in [0.5, 0.6) is 11.5 Å². The van der Waals surface area contributed by atoms with E-state index in [0.29, 0.717) is 0 Å². The first kappa shape index (κ1) is 13.6. The summed E-state index contributed by atoms with van der Waals surface area (Å²) in [4.78, 5) is 0. The van der Waals surface area contributed by atoms with Gasteiger partial charge in [0.2, 0.25) is 0 Å². The second-order valence-electron chi connectivity index (χ2n) is 4.74. The van der Waals surface area contributed by atoms with Crippen LogP contribution in [0.2, 0.25) is 0 Å². The van der Waals surface area contributed by atoms with Crippen molar-refractivity contribution in [3.05, 3.63) is 59.7 Å². The van der Waals surface area contributed by atoms with Gasteiger partial charge in [0.25, 0.3) is 0 Å². The zero-order chi connectivity index (χ0) is 13.5. The van der Waals surface area contributed by atoms with Gasteiger partial charge in [-0.15, -0.1) is 0 Å². The maximum atomic E-state index is 5.82. The molecule has 2 aromatic rings. The number of hydrogen-bond acceptors (Lipinski definition) is 2. The Bertz CT molecular complexity index is 505. The Balaban J connectivity index is 1.95. The molecule has 0 bridgehead atoms. The van der Waals surface area contributed by atoms with Crippen molar-refractivity contribution in [2.75, 3.05) is 6.54 Å². The van der Waals surface area contributed by atoms with Crippen molar-refractivity contribution in [3.63, 3.8) is 0 Å². The summed E-state index contributed by atoms with van der Waals surface area (Å²) in [6.07, 6.45) is 1.16. The van der Waals surface area contributed by atoms with E-state index in [1.54, 1.807) is 0 Å². The van der Waals surface area contributed by atoms with Gasteiger partial charge in [-0.25, -0.2) is 0 Å². The van der Waals surface area contributed by atoms with Crippen LogP contribution in [0.25, 0.3) is 0 Å². The summed E-state index contributed by atoms with van der Waals surface area (Å²) in [6, 6.07) is 16.3. The monoisotopic (exact) mass is 255 g/mol. The summed E-state index contributed by atoms with van der Waals surface area (Å²) < 4.78 is 5.82. The molecule has 0 atom stereocenters. The summed E-state index contributed by atoms with van der Waals surface area (Å²) in [6.45, 7) is 6.21. The van der Waals surface area contributed by atoms with Gasteiger partial charge in [-0.05, 0) is 55.3 Å². The van der Waals surface area contributed by atoms with E-state index in [1.165, 1.54) is 11.1 Å². The fourth-order valence-electron chi connectivity index (χ4n) is 1.90. The van der Waals surface area contributed by atoms with Gasteiger partial charge < -0.3 is 10.1 Å². The Kier molecular flexibility index (Phi) is 4.99. The van der Waals surface area contributed by atoms with Gasteiger partial charge in [-0.3, -0.25) is 0 Å². The Morgan fingerprint density at radius 3 is 2.47 bits per heavy atom. The van der Waals surface area contributed by atoms with Crippen molar-refractivity contribution in [1.82, 2.24) is 5.32 Å². The Labute approximate surface area is 115 Å². The van der Waals surface area contributed by atoms with Crippen molar-refractivity contribution in [2.24, 2.45) is 0 Å². The number of hydrogen-bond donors (Lipinski definition) is 1. The zero-order valence-electron chi connectivity index (χ0n) is 11.6. The molecule has 0 aliphatic heterocycles. The van der Waals surface area contributed by atoms with Crippen molar-refractivity contribution in [2.45, 2.75) is 26.8 Å². The molecule has 0 heterocycles. The van der Waals surface area contributed by atoms with Gasteiger partial charge in [-0.2, -0.15) is 0 Å². The quantitative estimate of drug-likeness (QED) is 0.778. The fourth-order valence-corrected chi connectivity index (χ4v) is 1.90. The Morgan fingerprint density at radius 2 is 1.79 bits per heavy atom. The lowest BCUT2D eigenvalue weighted by molar-refractivity contribution is 0.482. The zero-order valence-corrected chi connectivity index (χ0v) is 11.6. The molecule has 0 saturated heterocycles. The van der Waals surface area contributed by atoms with Crippen LogP contribution in [-0.2, 0) is 6.54 Å². The minimum Gasteiger partial charge on any atom is -0.457 e. The molecule has 0 unspecified atom stereocenters. The average molecular weight is 255 g/mol. The van der Waals surface area contributed by atoms with Crippen LogP contribution < -0.4 is 10.1 Å². The van der Waals surface area contributed by atoms with Crippen molar-refractivity contribution in [1.29, 1.82) is 0 Å². The first-order valence-corrected chi connectivity index (χ1v) is 6.82. The first-order valence-electron chi connectivity index (χ1n) is 6.82. The highest BCUT2D eigenvalue weighted by Crippen LogP contribution is 2.22. The molecule has 1 N–H and O–H groups in total. The highest BCUT2D eigenvalue weighted by Gasteiger charge is 1.98. The molecular weight excluding hydrogens is 234 g/mol. The van der Waals surface area contributed by atoms with E-state index in [-0.39, 0.29) is 0 Å². The maximum absolute atomic E-state index is 5.82. The number of rotatable bonds is 6. The molecule has 0 fully saturated rings. The second-order valence-corrected chi connectivity index (χ2v) is 4.74. The van der Waals surface area contributed by atoms with Gasteiger partial charge in [0.05, 0.1) is 0 Å². The smallest absolute Gasteiger partial charge is 0.127 e. The van der Waals surface area contributed by atoms with Crippen molar-refractivity contribution < 1.29 is 4.74 Å². The molecule has 0 saturated carbocycles. The Hall–Kier alpha value is -1.80. The van der Waals surface area contributed by atoms with Crippen LogP contribution in [0.15, 0.2) is 48.5 Å². The maximum Gasteiger partial charge on any atom is 0.127 e. The lowest BCUT2D eigenvalue weighted by atomic mass is 10.2. The topological polar surface area (TPSA) is 21.3 Å². The number of benzene rings is 2. The minimum atomic E-state index is 0.879. The van der Waals surface area contributed by atoms with E-state index >= 15 is 0 Å². The number of ether oxygens (including phenoxy) is 1. The normalized spacial score (nSPS) is 10.4. The summed E-state index contributed by atoms with van der Waals surface area (Å²) >= 11 is 0. The summed E-state index contributed by atoms with van der Waals surface area (Å²) in [7, 11) is 0. The third kappa shape index (κ3) is 4.42. The van der Waals surface area contributed by atoms with Crippen molar-refractivity contribution >= 4 is 0 Å². The molecule has 19 heavy (non-hydrogen) atoms. The lowest BCUT2D eigenvalue weighted by Crippen LogP contribution is -2.13. The van der Waals surface area contributed by atoms with Crippen LogP contribution in [-0.4, -0.2) is 6.54 Å². The van der Waals surface area contributed by atoms with Gasteiger partial charge in [-0.1, -0.05) is 31.2 Å². The first-order chi connectivity index (χ1) is 9.28. The molecule has 2 heteroatoms. The van der Waals surface area contributed by atoms with Crippen LogP contribution in [0, 0.1) is 6.92 Å². The second kappa shape index (κ2) is 6.95. The molecule has 2 nitrogen and oxygen atoms in total. The largest absolute Gasteiger partial charge is 0.457 e. The van der Waals surface area contributed by atoms with E-state index in [9.17, 15) is 0 Å². The minimum absolute atomic E-state index is 0.879. The van der Waals surface area contributed by atoms with Gasteiger partial charge in [0, 0.05) is 6.54 Å². The average Bonchev–Trinajstić information content (AvgIpc) is 2.41. The molecule has 0 radical (unpaired) electrons. The van der Waals surface area contributed by atoms with Gasteiger partial charge in [0.15, 0.2) is 0 Å². The molecule has 100 valence electrons. The summed E-state index contributed by atoms with van der Waals surface area (Å²) in [5.41, 5.74) is 2.49. The lowest BCUT2D eigenvalue weighted by Gasteiger charge is -2.08. The molecule has 0 spiro atoms. The molecule has 2 rings (SSSR count). The fraction of sp³-hybridized carbons (Fsp3) is 0.294. The number of aryl methyl sites for hydroxylation is 1. The molecule has 2 aromatic carbocycles. The predicted octanol–water partition coefficient (Wildman–Crippen LogP) is 4.29.